The second-order valence-electron chi connectivity index (χ2n) is 6.94. The molecule has 144 valence electrons. The number of hydrogen-bond donors (Lipinski definition) is 1. The van der Waals surface area contributed by atoms with Crippen molar-refractivity contribution in [1.82, 2.24) is 4.98 Å². The Hall–Kier alpha value is -3.05. The molecule has 28 heavy (non-hydrogen) atoms. The van der Waals surface area contributed by atoms with Crippen molar-refractivity contribution in [1.29, 1.82) is 0 Å². The van der Waals surface area contributed by atoms with Gasteiger partial charge in [0.15, 0.2) is 6.79 Å². The number of aliphatic hydroxyl groups excluding tert-OH is 1. The van der Waals surface area contributed by atoms with Gasteiger partial charge in [0.05, 0.1) is 12.3 Å². The van der Waals surface area contributed by atoms with E-state index in [1.807, 2.05) is 48.7 Å². The summed E-state index contributed by atoms with van der Waals surface area (Å²) in [6.45, 7) is 1.00. The average molecular weight is 376 g/mol. The Balaban J connectivity index is 1.71. The van der Waals surface area contributed by atoms with Crippen LogP contribution in [0.1, 0.15) is 18.4 Å². The first-order chi connectivity index (χ1) is 13.8. The van der Waals surface area contributed by atoms with Crippen molar-refractivity contribution in [2.75, 3.05) is 18.3 Å². The highest BCUT2D eigenvalue weighted by molar-refractivity contribution is 5.70. The normalized spacial score (nSPS) is 13.2. The van der Waals surface area contributed by atoms with E-state index < -0.39 is 0 Å². The van der Waals surface area contributed by atoms with Crippen LogP contribution in [0.3, 0.4) is 0 Å². The molecule has 0 spiro atoms. The van der Waals surface area contributed by atoms with E-state index in [-0.39, 0.29) is 6.79 Å². The van der Waals surface area contributed by atoms with Gasteiger partial charge in [-0.05, 0) is 54.7 Å². The zero-order chi connectivity index (χ0) is 19.2. The van der Waals surface area contributed by atoms with Crippen LogP contribution in [0.25, 0.3) is 0 Å². The smallest absolute Gasteiger partial charge is 0.186 e. The van der Waals surface area contributed by atoms with Crippen LogP contribution in [0.2, 0.25) is 0 Å². The van der Waals surface area contributed by atoms with Gasteiger partial charge in [0.2, 0.25) is 0 Å². The summed E-state index contributed by atoms with van der Waals surface area (Å²) in [5.41, 5.74) is 3.13. The van der Waals surface area contributed by atoms with Crippen molar-refractivity contribution in [3.63, 3.8) is 0 Å². The molecule has 1 fully saturated rings. The SMILES string of the molecule is OCOc1ccc(N(Cc2cccnc2)c2ccccc2)c(OCC2CC2)c1. The van der Waals surface area contributed by atoms with E-state index in [2.05, 4.69) is 28.1 Å². The third kappa shape index (κ3) is 4.61. The van der Waals surface area contributed by atoms with Crippen LogP contribution in [0.4, 0.5) is 11.4 Å². The summed E-state index contributed by atoms with van der Waals surface area (Å²) in [5.74, 6) is 1.98. The van der Waals surface area contributed by atoms with E-state index in [0.29, 0.717) is 24.8 Å². The molecule has 4 rings (SSSR count). The Bertz CT molecular complexity index is 883. The molecule has 0 saturated heterocycles. The maximum Gasteiger partial charge on any atom is 0.186 e. The number of aromatic nitrogens is 1. The fraction of sp³-hybridized carbons (Fsp3) is 0.261. The van der Waals surface area contributed by atoms with E-state index in [1.165, 1.54) is 12.8 Å². The van der Waals surface area contributed by atoms with Crippen molar-refractivity contribution in [2.45, 2.75) is 19.4 Å². The summed E-state index contributed by atoms with van der Waals surface area (Å²) in [6, 6.07) is 19.9. The minimum absolute atomic E-state index is 0.362. The highest BCUT2D eigenvalue weighted by atomic mass is 16.6. The Morgan fingerprint density at radius 1 is 1.00 bits per heavy atom. The molecule has 0 radical (unpaired) electrons. The first-order valence-electron chi connectivity index (χ1n) is 9.55. The van der Waals surface area contributed by atoms with Gasteiger partial charge < -0.3 is 19.5 Å². The zero-order valence-corrected chi connectivity index (χ0v) is 15.7. The molecule has 1 N–H and O–H groups in total. The lowest BCUT2D eigenvalue weighted by Gasteiger charge is -2.27. The largest absolute Gasteiger partial charge is 0.491 e. The Morgan fingerprint density at radius 2 is 1.86 bits per heavy atom. The summed E-state index contributed by atoms with van der Waals surface area (Å²) in [4.78, 5) is 6.46. The molecule has 1 aliphatic carbocycles. The maximum absolute atomic E-state index is 9.11. The lowest BCUT2D eigenvalue weighted by molar-refractivity contribution is 0.0982. The van der Waals surface area contributed by atoms with E-state index in [0.717, 1.165) is 22.7 Å². The molecular formula is C23H24N2O3. The van der Waals surface area contributed by atoms with Crippen LogP contribution in [0, 0.1) is 5.92 Å². The topological polar surface area (TPSA) is 54.8 Å². The minimum Gasteiger partial charge on any atom is -0.491 e. The molecule has 1 saturated carbocycles. The van der Waals surface area contributed by atoms with Crippen LogP contribution in [0.15, 0.2) is 73.1 Å². The van der Waals surface area contributed by atoms with Gasteiger partial charge in [-0.15, -0.1) is 0 Å². The van der Waals surface area contributed by atoms with Crippen LogP contribution in [0.5, 0.6) is 11.5 Å². The monoisotopic (exact) mass is 376 g/mol. The summed E-state index contributed by atoms with van der Waals surface area (Å²) >= 11 is 0. The van der Waals surface area contributed by atoms with Crippen molar-refractivity contribution >= 4 is 11.4 Å². The minimum atomic E-state index is -0.362. The molecular weight excluding hydrogens is 352 g/mol. The van der Waals surface area contributed by atoms with Gasteiger partial charge >= 0.3 is 0 Å². The molecule has 1 aliphatic rings. The molecule has 5 heteroatoms. The highest BCUT2D eigenvalue weighted by Gasteiger charge is 2.23. The molecule has 1 aromatic heterocycles. The molecule has 0 bridgehead atoms. The molecule has 0 amide bonds. The van der Waals surface area contributed by atoms with E-state index >= 15 is 0 Å². The number of benzene rings is 2. The molecule has 0 atom stereocenters. The van der Waals surface area contributed by atoms with Crippen molar-refractivity contribution in [3.05, 3.63) is 78.6 Å². The van der Waals surface area contributed by atoms with Crippen LogP contribution >= 0.6 is 0 Å². The summed E-state index contributed by atoms with van der Waals surface area (Å²) in [5, 5.41) is 9.11. The second-order valence-corrected chi connectivity index (χ2v) is 6.94. The molecule has 5 nitrogen and oxygen atoms in total. The van der Waals surface area contributed by atoms with E-state index in [4.69, 9.17) is 14.6 Å². The van der Waals surface area contributed by atoms with Gasteiger partial charge in [-0.1, -0.05) is 24.3 Å². The standard InChI is InChI=1S/C23H24N2O3/c26-17-28-21-10-11-22(23(13-21)27-16-18-8-9-18)25(20-6-2-1-3-7-20)15-19-5-4-12-24-14-19/h1-7,10-14,18,26H,8-9,15-17H2. The Labute approximate surface area is 165 Å². The van der Waals surface area contributed by atoms with Crippen LogP contribution in [-0.2, 0) is 6.54 Å². The number of pyridine rings is 1. The predicted molar refractivity (Wildman–Crippen MR) is 109 cm³/mol. The van der Waals surface area contributed by atoms with Gasteiger partial charge in [0.25, 0.3) is 0 Å². The molecule has 3 aromatic rings. The number of para-hydroxylation sites is 1. The van der Waals surface area contributed by atoms with Crippen molar-refractivity contribution < 1.29 is 14.6 Å². The molecule has 2 aromatic carbocycles. The molecule has 1 heterocycles. The summed E-state index contributed by atoms with van der Waals surface area (Å²) in [7, 11) is 0. The number of hydrogen-bond acceptors (Lipinski definition) is 5. The average Bonchev–Trinajstić information content (AvgIpc) is 3.57. The van der Waals surface area contributed by atoms with Gasteiger partial charge in [-0.25, -0.2) is 0 Å². The molecule has 0 unspecified atom stereocenters. The van der Waals surface area contributed by atoms with E-state index in [9.17, 15) is 0 Å². The summed E-state index contributed by atoms with van der Waals surface area (Å²) in [6.07, 6.45) is 6.10. The van der Waals surface area contributed by atoms with Gasteiger partial charge in [-0.2, -0.15) is 0 Å². The number of nitrogens with zero attached hydrogens (tertiary/aromatic N) is 2. The van der Waals surface area contributed by atoms with Gasteiger partial charge in [-0.3, -0.25) is 4.98 Å². The first kappa shape index (κ1) is 18.3. The quantitative estimate of drug-likeness (QED) is 0.556. The van der Waals surface area contributed by atoms with Crippen molar-refractivity contribution in [2.24, 2.45) is 5.92 Å². The Morgan fingerprint density at radius 3 is 2.57 bits per heavy atom. The third-order valence-corrected chi connectivity index (χ3v) is 4.76. The van der Waals surface area contributed by atoms with Crippen LogP contribution in [-0.4, -0.2) is 23.5 Å². The zero-order valence-electron chi connectivity index (χ0n) is 15.7. The third-order valence-electron chi connectivity index (χ3n) is 4.76. The van der Waals surface area contributed by atoms with Crippen LogP contribution < -0.4 is 14.4 Å². The van der Waals surface area contributed by atoms with Crippen molar-refractivity contribution in [3.8, 4) is 11.5 Å². The predicted octanol–water partition coefficient (Wildman–Crippen LogP) is 4.54. The fourth-order valence-electron chi connectivity index (χ4n) is 3.09. The van der Waals surface area contributed by atoms with E-state index in [1.54, 1.807) is 6.20 Å². The maximum atomic E-state index is 9.11. The summed E-state index contributed by atoms with van der Waals surface area (Å²) < 4.78 is 11.4. The number of anilines is 2. The number of aliphatic hydroxyl groups is 1. The highest BCUT2D eigenvalue weighted by Crippen LogP contribution is 2.39. The number of rotatable bonds is 9. The lowest BCUT2D eigenvalue weighted by Crippen LogP contribution is -2.18. The van der Waals surface area contributed by atoms with Gasteiger partial charge in [0.1, 0.15) is 11.5 Å². The second kappa shape index (κ2) is 8.76. The lowest BCUT2D eigenvalue weighted by atomic mass is 10.1. The first-order valence-corrected chi connectivity index (χ1v) is 9.55. The fourth-order valence-corrected chi connectivity index (χ4v) is 3.09. The molecule has 0 aliphatic heterocycles. The Kier molecular flexibility index (Phi) is 5.73. The van der Waals surface area contributed by atoms with Gasteiger partial charge in [0, 0.05) is 30.7 Å². The number of ether oxygens (including phenoxy) is 2.